The Hall–Kier alpha value is -0.340. The molecular weight excluding hydrogens is 198 g/mol. The van der Waals surface area contributed by atoms with Crippen LogP contribution >= 0.6 is 0 Å². The first-order valence-electron chi connectivity index (χ1n) is 6.78. The van der Waals surface area contributed by atoms with E-state index in [4.69, 9.17) is 5.73 Å². The molecule has 0 aliphatic heterocycles. The smallest absolute Gasteiger partial charge is 0.0869 e. The number of aliphatic hydroxyl groups is 1. The van der Waals surface area contributed by atoms with Crippen molar-refractivity contribution >= 4 is 0 Å². The molecule has 0 fully saturated rings. The van der Waals surface area contributed by atoms with E-state index in [9.17, 15) is 5.11 Å². The second-order valence-corrected chi connectivity index (χ2v) is 4.69. The summed E-state index contributed by atoms with van der Waals surface area (Å²) in [7, 11) is 0. The van der Waals surface area contributed by atoms with Crippen LogP contribution < -0.4 is 5.73 Å². The molecule has 2 atom stereocenters. The van der Waals surface area contributed by atoms with Gasteiger partial charge in [0, 0.05) is 6.04 Å². The van der Waals surface area contributed by atoms with E-state index in [1.165, 1.54) is 44.9 Å². The zero-order valence-electron chi connectivity index (χ0n) is 11.0. The van der Waals surface area contributed by atoms with Gasteiger partial charge < -0.3 is 10.8 Å². The van der Waals surface area contributed by atoms with Gasteiger partial charge >= 0.3 is 0 Å². The Kier molecular flexibility index (Phi) is 10.9. The second kappa shape index (κ2) is 11.2. The Morgan fingerprint density at radius 3 is 2.19 bits per heavy atom. The largest absolute Gasteiger partial charge is 0.387 e. The zero-order valence-corrected chi connectivity index (χ0v) is 11.0. The minimum Gasteiger partial charge on any atom is -0.387 e. The first-order valence-corrected chi connectivity index (χ1v) is 6.78. The van der Waals surface area contributed by atoms with Crippen molar-refractivity contribution in [3.8, 4) is 0 Å². The number of rotatable bonds is 10. The van der Waals surface area contributed by atoms with Crippen molar-refractivity contribution in [1.82, 2.24) is 0 Å². The van der Waals surface area contributed by atoms with E-state index >= 15 is 0 Å². The maximum absolute atomic E-state index is 9.41. The molecule has 2 nitrogen and oxygen atoms in total. The van der Waals surface area contributed by atoms with Gasteiger partial charge in [0.15, 0.2) is 0 Å². The summed E-state index contributed by atoms with van der Waals surface area (Å²) in [4.78, 5) is 0. The van der Waals surface area contributed by atoms with Crippen LogP contribution in [0.25, 0.3) is 0 Å². The van der Waals surface area contributed by atoms with Gasteiger partial charge in [-0.2, -0.15) is 0 Å². The molecule has 0 radical (unpaired) electrons. The van der Waals surface area contributed by atoms with E-state index in [1.807, 2.05) is 13.0 Å². The molecule has 2 heteroatoms. The molecule has 0 spiro atoms. The maximum Gasteiger partial charge on any atom is 0.0869 e. The molecule has 0 heterocycles. The highest BCUT2D eigenvalue weighted by Gasteiger charge is 2.02. The highest BCUT2D eigenvalue weighted by molar-refractivity contribution is 4.92. The Labute approximate surface area is 101 Å². The summed E-state index contributed by atoms with van der Waals surface area (Å²) in [6, 6.07) is -0.162. The van der Waals surface area contributed by atoms with Gasteiger partial charge in [0.1, 0.15) is 0 Å². The number of aliphatic hydroxyl groups excluding tert-OH is 1. The molecule has 0 amide bonds. The average molecular weight is 227 g/mol. The first-order chi connectivity index (χ1) is 7.68. The van der Waals surface area contributed by atoms with E-state index in [-0.39, 0.29) is 6.04 Å². The predicted octanol–water partition coefficient (Wildman–Crippen LogP) is 3.39. The summed E-state index contributed by atoms with van der Waals surface area (Å²) < 4.78 is 0. The second-order valence-electron chi connectivity index (χ2n) is 4.69. The van der Waals surface area contributed by atoms with Gasteiger partial charge in [-0.1, -0.05) is 57.6 Å². The van der Waals surface area contributed by atoms with Crippen molar-refractivity contribution in [2.75, 3.05) is 0 Å². The molecule has 0 aromatic rings. The van der Waals surface area contributed by atoms with Gasteiger partial charge in [0.2, 0.25) is 0 Å². The SMILES string of the molecule is CCCCCCCCC/C=C/[C@H](O)[C@H](C)N. The molecule has 0 aromatic carbocycles. The van der Waals surface area contributed by atoms with Crippen LogP contribution in [0.5, 0.6) is 0 Å². The van der Waals surface area contributed by atoms with Gasteiger partial charge in [-0.3, -0.25) is 0 Å². The van der Waals surface area contributed by atoms with Crippen molar-refractivity contribution in [3.63, 3.8) is 0 Å². The van der Waals surface area contributed by atoms with E-state index in [1.54, 1.807) is 0 Å². The molecule has 0 rings (SSSR count). The van der Waals surface area contributed by atoms with Crippen LogP contribution in [0.2, 0.25) is 0 Å². The van der Waals surface area contributed by atoms with Crippen LogP contribution in [0.3, 0.4) is 0 Å². The fourth-order valence-corrected chi connectivity index (χ4v) is 1.63. The number of allylic oxidation sites excluding steroid dienone is 1. The van der Waals surface area contributed by atoms with Crippen LogP contribution in [0, 0.1) is 0 Å². The molecule has 0 bridgehead atoms. The molecular formula is C14H29NO. The lowest BCUT2D eigenvalue weighted by atomic mass is 10.1. The van der Waals surface area contributed by atoms with Crippen LogP contribution in [-0.4, -0.2) is 17.3 Å². The number of hydrogen-bond acceptors (Lipinski definition) is 2. The van der Waals surface area contributed by atoms with Crippen molar-refractivity contribution in [3.05, 3.63) is 12.2 Å². The maximum atomic E-state index is 9.41. The summed E-state index contributed by atoms with van der Waals surface area (Å²) in [5, 5.41) is 9.41. The highest BCUT2D eigenvalue weighted by atomic mass is 16.3. The third-order valence-electron chi connectivity index (χ3n) is 2.85. The van der Waals surface area contributed by atoms with E-state index in [0.29, 0.717) is 0 Å². The zero-order chi connectivity index (χ0) is 12.2. The lowest BCUT2D eigenvalue weighted by molar-refractivity contribution is 0.198. The molecule has 96 valence electrons. The van der Waals surface area contributed by atoms with Crippen LogP contribution in [-0.2, 0) is 0 Å². The fourth-order valence-electron chi connectivity index (χ4n) is 1.63. The van der Waals surface area contributed by atoms with E-state index in [2.05, 4.69) is 13.0 Å². The summed E-state index contributed by atoms with van der Waals surface area (Å²) in [5.74, 6) is 0. The Bertz CT molecular complexity index is 166. The van der Waals surface area contributed by atoms with Gasteiger partial charge in [-0.15, -0.1) is 0 Å². The quantitative estimate of drug-likeness (QED) is 0.444. The molecule has 0 aromatic heterocycles. The third kappa shape index (κ3) is 10.2. The summed E-state index contributed by atoms with van der Waals surface area (Å²) in [5.41, 5.74) is 5.54. The molecule has 16 heavy (non-hydrogen) atoms. The predicted molar refractivity (Wildman–Crippen MR) is 71.4 cm³/mol. The monoisotopic (exact) mass is 227 g/mol. The van der Waals surface area contributed by atoms with Gasteiger partial charge in [-0.05, 0) is 19.8 Å². The molecule has 0 unspecified atom stereocenters. The van der Waals surface area contributed by atoms with Crippen LogP contribution in [0.15, 0.2) is 12.2 Å². The Morgan fingerprint density at radius 1 is 1.06 bits per heavy atom. The van der Waals surface area contributed by atoms with E-state index in [0.717, 1.165) is 6.42 Å². The summed E-state index contributed by atoms with van der Waals surface area (Å²) in [6.07, 6.45) is 13.8. The van der Waals surface area contributed by atoms with Gasteiger partial charge in [0.25, 0.3) is 0 Å². The first kappa shape index (κ1) is 15.7. The Balaban J connectivity index is 3.20. The third-order valence-corrected chi connectivity index (χ3v) is 2.85. The molecule has 0 saturated heterocycles. The van der Waals surface area contributed by atoms with Crippen molar-refractivity contribution in [2.45, 2.75) is 77.4 Å². The van der Waals surface area contributed by atoms with Crippen LogP contribution in [0.1, 0.15) is 65.2 Å². The fraction of sp³-hybridized carbons (Fsp3) is 0.857. The molecule has 0 aliphatic carbocycles. The standard InChI is InChI=1S/C14H29NO/c1-3-4-5-6-7-8-9-10-11-12-14(16)13(2)15/h11-14,16H,3-10,15H2,1-2H3/b12-11+/t13-,14-/m0/s1. The lowest BCUT2D eigenvalue weighted by Gasteiger charge is -2.08. The highest BCUT2D eigenvalue weighted by Crippen LogP contribution is 2.08. The minimum absolute atomic E-state index is 0.162. The Morgan fingerprint density at radius 2 is 1.62 bits per heavy atom. The normalized spacial score (nSPS) is 15.5. The van der Waals surface area contributed by atoms with Crippen molar-refractivity contribution < 1.29 is 5.11 Å². The lowest BCUT2D eigenvalue weighted by Crippen LogP contribution is -2.29. The minimum atomic E-state index is -0.482. The van der Waals surface area contributed by atoms with Gasteiger partial charge in [-0.25, -0.2) is 0 Å². The van der Waals surface area contributed by atoms with Gasteiger partial charge in [0.05, 0.1) is 6.10 Å². The van der Waals surface area contributed by atoms with Crippen molar-refractivity contribution in [2.24, 2.45) is 5.73 Å². The summed E-state index contributed by atoms with van der Waals surface area (Å²) >= 11 is 0. The number of nitrogens with two attached hydrogens (primary N) is 1. The average Bonchev–Trinajstić information content (AvgIpc) is 2.26. The topological polar surface area (TPSA) is 46.2 Å². The number of hydrogen-bond donors (Lipinski definition) is 2. The molecule has 0 saturated carbocycles. The summed E-state index contributed by atoms with van der Waals surface area (Å²) in [6.45, 7) is 4.07. The van der Waals surface area contributed by atoms with Crippen molar-refractivity contribution in [1.29, 1.82) is 0 Å². The van der Waals surface area contributed by atoms with Crippen LogP contribution in [0.4, 0.5) is 0 Å². The van der Waals surface area contributed by atoms with E-state index < -0.39 is 6.10 Å². The molecule has 0 aliphatic rings. The molecule has 3 N–H and O–H groups in total. The number of unbranched alkanes of at least 4 members (excludes halogenated alkanes) is 7.